The molecule has 0 unspecified atom stereocenters. The first-order valence-corrected chi connectivity index (χ1v) is 7.76. The van der Waals surface area contributed by atoms with E-state index < -0.39 is 11.7 Å². The van der Waals surface area contributed by atoms with E-state index in [2.05, 4.69) is 21.2 Å². The molecule has 0 saturated carbocycles. The number of alkyl halides is 3. The molecule has 1 atom stereocenters. The second kappa shape index (κ2) is 7.17. The summed E-state index contributed by atoms with van der Waals surface area (Å²) in [4.78, 5) is 12.0. The SMILES string of the molecule is C[C@@H](NC(=O)Cc1ccc(Br)cc1)c1ccc(C(F)(F)F)cc1. The molecular weight excluding hydrogens is 371 g/mol. The Balaban J connectivity index is 1.96. The van der Waals surface area contributed by atoms with Crippen LogP contribution < -0.4 is 5.32 Å². The van der Waals surface area contributed by atoms with E-state index in [0.717, 1.165) is 22.2 Å². The van der Waals surface area contributed by atoms with Gasteiger partial charge in [0.2, 0.25) is 5.91 Å². The fraction of sp³-hybridized carbons (Fsp3) is 0.235. The summed E-state index contributed by atoms with van der Waals surface area (Å²) >= 11 is 3.32. The fourth-order valence-electron chi connectivity index (χ4n) is 2.12. The van der Waals surface area contributed by atoms with Crippen LogP contribution in [0.15, 0.2) is 53.0 Å². The lowest BCUT2D eigenvalue weighted by molar-refractivity contribution is -0.137. The molecule has 0 fully saturated rings. The summed E-state index contributed by atoms with van der Waals surface area (Å²) in [6.07, 6.45) is -4.13. The maximum atomic E-state index is 12.5. The predicted octanol–water partition coefficient (Wildman–Crippen LogP) is 4.89. The van der Waals surface area contributed by atoms with Gasteiger partial charge >= 0.3 is 6.18 Å². The van der Waals surface area contributed by atoms with Crippen molar-refractivity contribution in [3.05, 3.63) is 69.7 Å². The van der Waals surface area contributed by atoms with Gasteiger partial charge in [0.1, 0.15) is 0 Å². The van der Waals surface area contributed by atoms with Crippen molar-refractivity contribution in [3.63, 3.8) is 0 Å². The van der Waals surface area contributed by atoms with Gasteiger partial charge in [0, 0.05) is 4.47 Å². The van der Waals surface area contributed by atoms with Gasteiger partial charge in [-0.1, -0.05) is 40.2 Å². The average Bonchev–Trinajstić information content (AvgIpc) is 2.49. The lowest BCUT2D eigenvalue weighted by Crippen LogP contribution is -2.28. The third-order valence-electron chi connectivity index (χ3n) is 3.39. The molecule has 2 aromatic rings. The van der Waals surface area contributed by atoms with Crippen LogP contribution in [0.1, 0.15) is 29.7 Å². The number of amides is 1. The van der Waals surface area contributed by atoms with Gasteiger partial charge in [-0.05, 0) is 42.3 Å². The smallest absolute Gasteiger partial charge is 0.349 e. The van der Waals surface area contributed by atoms with Crippen LogP contribution in [0.2, 0.25) is 0 Å². The Morgan fingerprint density at radius 2 is 1.65 bits per heavy atom. The number of hydrogen-bond acceptors (Lipinski definition) is 1. The number of rotatable bonds is 4. The van der Waals surface area contributed by atoms with Crippen LogP contribution in [0.4, 0.5) is 13.2 Å². The van der Waals surface area contributed by atoms with Crippen LogP contribution >= 0.6 is 15.9 Å². The Hall–Kier alpha value is -1.82. The minimum atomic E-state index is -4.35. The minimum Gasteiger partial charge on any atom is -0.349 e. The minimum absolute atomic E-state index is 0.181. The Morgan fingerprint density at radius 1 is 1.09 bits per heavy atom. The van der Waals surface area contributed by atoms with Crippen molar-refractivity contribution in [3.8, 4) is 0 Å². The van der Waals surface area contributed by atoms with E-state index in [1.165, 1.54) is 12.1 Å². The fourth-order valence-corrected chi connectivity index (χ4v) is 2.39. The van der Waals surface area contributed by atoms with Crippen LogP contribution in [-0.4, -0.2) is 5.91 Å². The van der Waals surface area contributed by atoms with E-state index in [9.17, 15) is 18.0 Å². The molecule has 2 nitrogen and oxygen atoms in total. The molecular formula is C17H15BrF3NO. The summed E-state index contributed by atoms with van der Waals surface area (Å²) in [5.74, 6) is -0.181. The predicted molar refractivity (Wildman–Crippen MR) is 85.8 cm³/mol. The monoisotopic (exact) mass is 385 g/mol. The molecule has 1 N–H and O–H groups in total. The van der Waals surface area contributed by atoms with Crippen LogP contribution in [-0.2, 0) is 17.4 Å². The molecule has 23 heavy (non-hydrogen) atoms. The molecule has 1 amide bonds. The van der Waals surface area contributed by atoms with Gasteiger partial charge in [0.05, 0.1) is 18.0 Å². The summed E-state index contributed by atoms with van der Waals surface area (Å²) in [6, 6.07) is 11.8. The van der Waals surface area contributed by atoms with E-state index in [4.69, 9.17) is 0 Å². The summed E-state index contributed by atoms with van der Waals surface area (Å²) in [6.45, 7) is 1.74. The van der Waals surface area contributed by atoms with Gasteiger partial charge < -0.3 is 5.32 Å². The summed E-state index contributed by atoms with van der Waals surface area (Å²) < 4.78 is 38.5. The normalized spacial score (nSPS) is 12.7. The molecule has 0 heterocycles. The van der Waals surface area contributed by atoms with E-state index in [0.29, 0.717) is 5.56 Å². The zero-order valence-corrected chi connectivity index (χ0v) is 13.9. The highest BCUT2D eigenvalue weighted by Gasteiger charge is 2.30. The second-order valence-electron chi connectivity index (χ2n) is 5.21. The van der Waals surface area contributed by atoms with E-state index in [1.807, 2.05) is 24.3 Å². The lowest BCUT2D eigenvalue weighted by Gasteiger charge is -2.15. The van der Waals surface area contributed by atoms with Gasteiger partial charge in [-0.25, -0.2) is 0 Å². The largest absolute Gasteiger partial charge is 0.416 e. The number of nitrogens with one attached hydrogen (secondary N) is 1. The molecule has 0 aliphatic heterocycles. The first kappa shape index (κ1) is 17.5. The van der Waals surface area contributed by atoms with Gasteiger partial charge in [0.15, 0.2) is 0 Å². The van der Waals surface area contributed by atoms with Crippen LogP contribution in [0.25, 0.3) is 0 Å². The van der Waals surface area contributed by atoms with Crippen LogP contribution in [0, 0.1) is 0 Å². The molecule has 2 aromatic carbocycles. The first-order valence-electron chi connectivity index (χ1n) is 6.96. The van der Waals surface area contributed by atoms with Crippen molar-refractivity contribution in [1.82, 2.24) is 5.32 Å². The average molecular weight is 386 g/mol. The first-order chi connectivity index (χ1) is 10.8. The summed E-state index contributed by atoms with van der Waals surface area (Å²) in [7, 11) is 0. The highest BCUT2D eigenvalue weighted by molar-refractivity contribution is 9.10. The number of carbonyl (C=O) groups excluding carboxylic acids is 1. The highest BCUT2D eigenvalue weighted by Crippen LogP contribution is 2.29. The maximum Gasteiger partial charge on any atom is 0.416 e. The Labute approximate surface area is 140 Å². The van der Waals surface area contributed by atoms with Crippen molar-refractivity contribution in [1.29, 1.82) is 0 Å². The second-order valence-corrected chi connectivity index (χ2v) is 6.13. The lowest BCUT2D eigenvalue weighted by atomic mass is 10.1. The third-order valence-corrected chi connectivity index (χ3v) is 3.92. The van der Waals surface area contributed by atoms with E-state index >= 15 is 0 Å². The third kappa shape index (κ3) is 5.10. The van der Waals surface area contributed by atoms with Crippen molar-refractivity contribution >= 4 is 21.8 Å². The number of hydrogen-bond donors (Lipinski definition) is 1. The summed E-state index contributed by atoms with van der Waals surface area (Å²) in [5, 5.41) is 2.79. The zero-order valence-electron chi connectivity index (χ0n) is 12.3. The van der Waals surface area contributed by atoms with Crippen molar-refractivity contribution in [2.75, 3.05) is 0 Å². The molecule has 0 bridgehead atoms. The van der Waals surface area contributed by atoms with Gasteiger partial charge in [-0.3, -0.25) is 4.79 Å². The maximum absolute atomic E-state index is 12.5. The Morgan fingerprint density at radius 3 is 2.17 bits per heavy atom. The Bertz CT molecular complexity index is 666. The standard InChI is InChI=1S/C17H15BrF3NO/c1-11(13-4-6-14(7-5-13)17(19,20)21)22-16(23)10-12-2-8-15(18)9-3-12/h2-9,11H,10H2,1H3,(H,22,23)/t11-/m1/s1. The quantitative estimate of drug-likeness (QED) is 0.797. The molecule has 0 aromatic heterocycles. The van der Waals surface area contributed by atoms with Crippen molar-refractivity contribution in [2.45, 2.75) is 25.6 Å². The van der Waals surface area contributed by atoms with E-state index in [1.54, 1.807) is 6.92 Å². The molecule has 0 spiro atoms. The molecule has 0 radical (unpaired) electrons. The van der Waals surface area contributed by atoms with Gasteiger partial charge in [0.25, 0.3) is 0 Å². The number of halogens is 4. The molecule has 0 saturated heterocycles. The summed E-state index contributed by atoms with van der Waals surface area (Å²) in [5.41, 5.74) is 0.794. The van der Waals surface area contributed by atoms with Gasteiger partial charge in [-0.15, -0.1) is 0 Å². The Kier molecular flexibility index (Phi) is 5.46. The molecule has 122 valence electrons. The molecule has 0 aliphatic rings. The molecule has 6 heteroatoms. The van der Waals surface area contributed by atoms with E-state index in [-0.39, 0.29) is 18.4 Å². The number of benzene rings is 2. The van der Waals surface area contributed by atoms with Crippen LogP contribution in [0.5, 0.6) is 0 Å². The highest BCUT2D eigenvalue weighted by atomic mass is 79.9. The number of carbonyl (C=O) groups is 1. The zero-order chi connectivity index (χ0) is 17.0. The molecule has 0 aliphatic carbocycles. The van der Waals surface area contributed by atoms with Crippen molar-refractivity contribution < 1.29 is 18.0 Å². The van der Waals surface area contributed by atoms with Crippen molar-refractivity contribution in [2.24, 2.45) is 0 Å². The topological polar surface area (TPSA) is 29.1 Å². The molecule has 2 rings (SSSR count). The van der Waals surface area contributed by atoms with Crippen LogP contribution in [0.3, 0.4) is 0 Å². The van der Waals surface area contributed by atoms with Gasteiger partial charge in [-0.2, -0.15) is 13.2 Å².